The van der Waals surface area contributed by atoms with Crippen LogP contribution in [0.15, 0.2) is 53.4 Å². The molecule has 2 amide bonds. The van der Waals surface area contributed by atoms with Gasteiger partial charge in [-0.05, 0) is 41.8 Å². The molecule has 3 N–H and O–H groups in total. The smallest absolute Gasteiger partial charge is 0.241 e. The summed E-state index contributed by atoms with van der Waals surface area (Å²) < 4.78 is 26.9. The molecule has 2 aromatic carbocycles. The van der Waals surface area contributed by atoms with Crippen molar-refractivity contribution in [2.45, 2.75) is 31.6 Å². The highest BCUT2D eigenvalue weighted by molar-refractivity contribution is 7.89. The number of amides is 2. The zero-order valence-electron chi connectivity index (χ0n) is 15.4. The van der Waals surface area contributed by atoms with Gasteiger partial charge in [0.2, 0.25) is 21.8 Å². The van der Waals surface area contributed by atoms with E-state index in [1.807, 2.05) is 32.0 Å². The van der Waals surface area contributed by atoms with Crippen molar-refractivity contribution in [3.63, 3.8) is 0 Å². The topological polar surface area (TPSA) is 104 Å². The van der Waals surface area contributed by atoms with Crippen molar-refractivity contribution in [1.29, 1.82) is 0 Å². The Morgan fingerprint density at radius 2 is 1.59 bits per heavy atom. The van der Waals surface area contributed by atoms with Crippen LogP contribution in [-0.2, 0) is 19.6 Å². The van der Waals surface area contributed by atoms with Gasteiger partial charge < -0.3 is 10.6 Å². The highest BCUT2D eigenvalue weighted by Crippen LogP contribution is 2.23. The number of carbonyl (C=O) groups excluding carboxylic acids is 2. The van der Waals surface area contributed by atoms with E-state index in [2.05, 4.69) is 15.4 Å². The van der Waals surface area contributed by atoms with Gasteiger partial charge in [-0.2, -0.15) is 0 Å². The molecule has 7 nitrogen and oxygen atoms in total. The third kappa shape index (κ3) is 5.90. The fourth-order valence-corrected chi connectivity index (χ4v) is 3.46. The average molecular weight is 389 g/mol. The minimum absolute atomic E-state index is 0.00647. The molecule has 8 heteroatoms. The molecule has 144 valence electrons. The van der Waals surface area contributed by atoms with E-state index in [4.69, 9.17) is 0 Å². The maximum Gasteiger partial charge on any atom is 0.241 e. The average Bonchev–Trinajstić information content (AvgIpc) is 2.60. The quantitative estimate of drug-likeness (QED) is 0.677. The predicted octanol–water partition coefficient (Wildman–Crippen LogP) is 2.69. The summed E-state index contributed by atoms with van der Waals surface area (Å²) in [5.41, 5.74) is 2.13. The summed E-state index contributed by atoms with van der Waals surface area (Å²) in [7, 11) is -3.84. The predicted molar refractivity (Wildman–Crippen MR) is 105 cm³/mol. The molecule has 2 rings (SSSR count). The van der Waals surface area contributed by atoms with Crippen LogP contribution in [0, 0.1) is 0 Å². The van der Waals surface area contributed by atoms with Crippen molar-refractivity contribution >= 4 is 33.2 Å². The van der Waals surface area contributed by atoms with Gasteiger partial charge in [0.05, 0.1) is 11.4 Å². The van der Waals surface area contributed by atoms with Crippen LogP contribution in [0.1, 0.15) is 32.3 Å². The van der Waals surface area contributed by atoms with Crippen molar-refractivity contribution in [3.05, 3.63) is 54.1 Å². The lowest BCUT2D eigenvalue weighted by Crippen LogP contribution is -2.33. The van der Waals surface area contributed by atoms with E-state index in [9.17, 15) is 18.0 Å². The highest BCUT2D eigenvalue weighted by atomic mass is 32.2. The maximum atomic E-state index is 12.3. The lowest BCUT2D eigenvalue weighted by atomic mass is 10.0. The monoisotopic (exact) mass is 389 g/mol. The van der Waals surface area contributed by atoms with Crippen molar-refractivity contribution in [2.75, 3.05) is 17.2 Å². The van der Waals surface area contributed by atoms with Crippen LogP contribution < -0.4 is 15.4 Å². The summed E-state index contributed by atoms with van der Waals surface area (Å²) in [6.45, 7) is 5.00. The van der Waals surface area contributed by atoms with Crippen LogP contribution in [0.2, 0.25) is 0 Å². The zero-order chi connectivity index (χ0) is 20.0. The summed E-state index contributed by atoms with van der Waals surface area (Å²) in [4.78, 5) is 23.2. The second kappa shape index (κ2) is 8.79. The molecule has 0 aliphatic rings. The number of sulfonamides is 1. The number of rotatable bonds is 7. The fourth-order valence-electron chi connectivity index (χ4n) is 2.47. The van der Waals surface area contributed by atoms with Crippen molar-refractivity contribution in [3.8, 4) is 0 Å². The fraction of sp³-hybridized carbons (Fsp3) is 0.263. The first-order chi connectivity index (χ1) is 12.7. The first-order valence-electron chi connectivity index (χ1n) is 8.45. The van der Waals surface area contributed by atoms with Gasteiger partial charge in [0, 0.05) is 18.3 Å². The Morgan fingerprint density at radius 1 is 0.963 bits per heavy atom. The van der Waals surface area contributed by atoms with Crippen LogP contribution in [0.5, 0.6) is 0 Å². The summed E-state index contributed by atoms with van der Waals surface area (Å²) in [5, 5.41) is 5.29. The molecule has 0 saturated heterocycles. The van der Waals surface area contributed by atoms with Gasteiger partial charge in [-0.3, -0.25) is 9.59 Å². The Hall–Kier alpha value is -2.71. The van der Waals surface area contributed by atoms with Crippen LogP contribution in [0.3, 0.4) is 0 Å². The van der Waals surface area contributed by atoms with E-state index in [0.717, 1.165) is 5.56 Å². The standard InChI is InChI=1S/C19H23N3O4S/c1-13(2)17-6-4-5-7-18(17)22-19(24)12-20-27(25,26)16-10-8-15(9-11-16)21-14(3)23/h4-11,13,20H,12H2,1-3H3,(H,21,23)(H,22,24). The Morgan fingerprint density at radius 3 is 2.19 bits per heavy atom. The molecule has 0 spiro atoms. The third-order valence-corrected chi connectivity index (χ3v) is 5.18. The van der Waals surface area contributed by atoms with Crippen molar-refractivity contribution in [1.82, 2.24) is 4.72 Å². The molecule has 0 aromatic heterocycles. The minimum atomic E-state index is -3.84. The second-order valence-electron chi connectivity index (χ2n) is 6.32. The summed E-state index contributed by atoms with van der Waals surface area (Å²) >= 11 is 0. The number of hydrogen-bond acceptors (Lipinski definition) is 4. The number of nitrogens with one attached hydrogen (secondary N) is 3. The summed E-state index contributed by atoms with van der Waals surface area (Å²) in [6.07, 6.45) is 0. The Labute approximate surface area is 159 Å². The number of hydrogen-bond donors (Lipinski definition) is 3. The first kappa shape index (κ1) is 20.6. The van der Waals surface area contributed by atoms with E-state index >= 15 is 0 Å². The van der Waals surface area contributed by atoms with Gasteiger partial charge in [-0.25, -0.2) is 13.1 Å². The van der Waals surface area contributed by atoms with Gasteiger partial charge in [-0.1, -0.05) is 32.0 Å². The molecule has 0 aliphatic heterocycles. The number of benzene rings is 2. The maximum absolute atomic E-state index is 12.3. The lowest BCUT2D eigenvalue weighted by Gasteiger charge is -2.14. The van der Waals surface area contributed by atoms with E-state index in [0.29, 0.717) is 11.4 Å². The minimum Gasteiger partial charge on any atom is -0.326 e. The van der Waals surface area contributed by atoms with Crippen molar-refractivity contribution < 1.29 is 18.0 Å². The SMILES string of the molecule is CC(=O)Nc1ccc(S(=O)(=O)NCC(=O)Nc2ccccc2C(C)C)cc1. The molecule has 0 saturated carbocycles. The largest absolute Gasteiger partial charge is 0.326 e. The van der Waals surface area contributed by atoms with Crippen LogP contribution in [0.25, 0.3) is 0 Å². The molecule has 0 heterocycles. The molecule has 0 unspecified atom stereocenters. The van der Waals surface area contributed by atoms with E-state index in [1.165, 1.54) is 31.2 Å². The Bertz CT molecular complexity index is 922. The Kier molecular flexibility index (Phi) is 6.70. The molecule has 0 aliphatic carbocycles. The first-order valence-corrected chi connectivity index (χ1v) is 9.93. The van der Waals surface area contributed by atoms with Gasteiger partial charge in [-0.15, -0.1) is 0 Å². The number of anilines is 2. The lowest BCUT2D eigenvalue weighted by molar-refractivity contribution is -0.115. The van der Waals surface area contributed by atoms with E-state index in [-0.39, 0.29) is 23.3 Å². The summed E-state index contributed by atoms with van der Waals surface area (Å²) in [5.74, 6) is -0.482. The van der Waals surface area contributed by atoms with Gasteiger partial charge in [0.1, 0.15) is 0 Å². The van der Waals surface area contributed by atoms with E-state index < -0.39 is 15.9 Å². The molecule has 0 radical (unpaired) electrons. The van der Waals surface area contributed by atoms with Crippen LogP contribution >= 0.6 is 0 Å². The Balaban J connectivity index is 2.00. The van der Waals surface area contributed by atoms with Crippen molar-refractivity contribution in [2.24, 2.45) is 0 Å². The molecule has 0 fully saturated rings. The normalized spacial score (nSPS) is 11.3. The third-order valence-electron chi connectivity index (χ3n) is 3.76. The molecule has 2 aromatic rings. The molecule has 0 bridgehead atoms. The van der Waals surface area contributed by atoms with Crippen LogP contribution in [-0.4, -0.2) is 26.8 Å². The molecule has 27 heavy (non-hydrogen) atoms. The summed E-state index contributed by atoms with van der Waals surface area (Å²) in [6, 6.07) is 13.1. The van der Waals surface area contributed by atoms with Gasteiger partial charge in [0.15, 0.2) is 0 Å². The molecule has 0 atom stereocenters. The highest BCUT2D eigenvalue weighted by Gasteiger charge is 2.16. The second-order valence-corrected chi connectivity index (χ2v) is 8.09. The zero-order valence-corrected chi connectivity index (χ0v) is 16.3. The van der Waals surface area contributed by atoms with E-state index in [1.54, 1.807) is 6.07 Å². The molecular formula is C19H23N3O4S. The molecular weight excluding hydrogens is 366 g/mol. The van der Waals surface area contributed by atoms with Gasteiger partial charge in [0.25, 0.3) is 0 Å². The number of para-hydroxylation sites is 1. The number of carbonyl (C=O) groups is 2. The van der Waals surface area contributed by atoms with Crippen LogP contribution in [0.4, 0.5) is 11.4 Å². The van der Waals surface area contributed by atoms with Gasteiger partial charge >= 0.3 is 0 Å².